The lowest BCUT2D eigenvalue weighted by Gasteiger charge is -2.00. The molecule has 0 fully saturated rings. The number of hydrogen-bond acceptors (Lipinski definition) is 2. The molecule has 0 aromatic rings. The highest BCUT2D eigenvalue weighted by Crippen LogP contribution is 2.16. The summed E-state index contributed by atoms with van der Waals surface area (Å²) in [6.07, 6.45) is 2.02. The largest absolute Gasteiger partial charge is 0.365 e. The summed E-state index contributed by atoms with van der Waals surface area (Å²) in [6.45, 7) is 0. The van der Waals surface area contributed by atoms with Gasteiger partial charge in [0.05, 0.1) is 0 Å². The van der Waals surface area contributed by atoms with Crippen LogP contribution in [0.15, 0.2) is 11.6 Å². The van der Waals surface area contributed by atoms with Crippen molar-refractivity contribution in [2.75, 3.05) is 7.05 Å². The van der Waals surface area contributed by atoms with Crippen LogP contribution in [0.25, 0.3) is 0 Å². The first-order chi connectivity index (χ1) is 2.89. The molecule has 6 heavy (non-hydrogen) atoms. The quantitative estimate of drug-likeness (QED) is 0.451. The van der Waals surface area contributed by atoms with E-state index in [9.17, 15) is 0 Å². The second-order valence-electron chi connectivity index (χ2n) is 1.19. The van der Waals surface area contributed by atoms with Crippen molar-refractivity contribution in [1.82, 2.24) is 4.90 Å². The lowest BCUT2D eigenvalue weighted by molar-refractivity contribution is 0.613. The standard InChI is InChI=1S/C4H6NS/c1-5-2-3-6-4-5/h2-4H,1H3. The topological polar surface area (TPSA) is 3.24 Å². The smallest absolute Gasteiger partial charge is 0.109 e. The van der Waals surface area contributed by atoms with Crippen molar-refractivity contribution < 1.29 is 0 Å². The minimum absolute atomic E-state index is 1.70. The molecule has 0 N–H and O–H groups in total. The van der Waals surface area contributed by atoms with Crippen molar-refractivity contribution in [2.45, 2.75) is 0 Å². The maximum Gasteiger partial charge on any atom is 0.109 e. The van der Waals surface area contributed by atoms with Crippen molar-refractivity contribution in [1.29, 1.82) is 0 Å². The molecule has 0 saturated heterocycles. The van der Waals surface area contributed by atoms with Gasteiger partial charge in [0.2, 0.25) is 0 Å². The minimum Gasteiger partial charge on any atom is -0.365 e. The lowest BCUT2D eigenvalue weighted by Crippen LogP contribution is -1.96. The summed E-state index contributed by atoms with van der Waals surface area (Å²) in [6, 6.07) is 0. The number of hydrogen-bond donors (Lipinski definition) is 0. The highest BCUT2D eigenvalue weighted by Gasteiger charge is 1.94. The molecule has 0 atom stereocenters. The zero-order valence-corrected chi connectivity index (χ0v) is 4.40. The van der Waals surface area contributed by atoms with Crippen molar-refractivity contribution in [3.05, 3.63) is 17.5 Å². The maximum atomic E-state index is 2.04. The highest BCUT2D eigenvalue weighted by atomic mass is 32.2. The zero-order chi connectivity index (χ0) is 4.41. The summed E-state index contributed by atoms with van der Waals surface area (Å²) in [5, 5.41) is 2.04. The molecule has 2 heteroatoms. The molecule has 0 aliphatic carbocycles. The second-order valence-corrected chi connectivity index (χ2v) is 1.95. The van der Waals surface area contributed by atoms with Crippen LogP contribution in [0.1, 0.15) is 0 Å². The monoisotopic (exact) mass is 100 g/mol. The molecule has 0 saturated carbocycles. The van der Waals surface area contributed by atoms with E-state index >= 15 is 0 Å². The predicted molar refractivity (Wildman–Crippen MR) is 28.8 cm³/mol. The fourth-order valence-corrected chi connectivity index (χ4v) is 0.892. The van der Waals surface area contributed by atoms with Gasteiger partial charge in [0.25, 0.3) is 0 Å². The Hall–Kier alpha value is -0.110. The molecule has 0 amide bonds. The molecule has 1 aliphatic heterocycles. The Bertz CT molecular complexity index is 69.9. The first kappa shape index (κ1) is 4.06. The van der Waals surface area contributed by atoms with Crippen molar-refractivity contribution >= 4 is 11.8 Å². The Kier molecular flexibility index (Phi) is 1.05. The first-order valence-corrected chi connectivity index (χ1v) is 2.71. The third kappa shape index (κ3) is 0.684. The lowest BCUT2D eigenvalue weighted by atomic mass is 10.9. The Balaban J connectivity index is 2.38. The van der Waals surface area contributed by atoms with Crippen molar-refractivity contribution in [3.8, 4) is 0 Å². The van der Waals surface area contributed by atoms with Gasteiger partial charge in [-0.3, -0.25) is 0 Å². The van der Waals surface area contributed by atoms with Crippen molar-refractivity contribution in [3.63, 3.8) is 0 Å². The molecule has 1 heterocycles. The summed E-state index contributed by atoms with van der Waals surface area (Å²) < 4.78 is 0. The van der Waals surface area contributed by atoms with Crippen LogP contribution in [-0.4, -0.2) is 11.9 Å². The fraction of sp³-hybridized carbons (Fsp3) is 0.250. The Morgan fingerprint density at radius 3 is 2.67 bits per heavy atom. The molecule has 0 bridgehead atoms. The molecule has 1 aliphatic rings. The van der Waals surface area contributed by atoms with E-state index in [0.29, 0.717) is 0 Å². The Morgan fingerprint density at radius 2 is 2.50 bits per heavy atom. The van der Waals surface area contributed by atoms with Gasteiger partial charge in [-0.2, -0.15) is 0 Å². The molecular formula is C4H6NS. The van der Waals surface area contributed by atoms with E-state index in [0.717, 1.165) is 0 Å². The van der Waals surface area contributed by atoms with Gasteiger partial charge in [-0.1, -0.05) is 0 Å². The maximum absolute atomic E-state index is 2.04. The van der Waals surface area contributed by atoms with E-state index in [1.807, 2.05) is 29.4 Å². The van der Waals surface area contributed by atoms with E-state index in [-0.39, 0.29) is 0 Å². The summed E-state index contributed by atoms with van der Waals surface area (Å²) in [7, 11) is 2.01. The molecule has 0 aromatic heterocycles. The average molecular weight is 100 g/mol. The van der Waals surface area contributed by atoms with Crippen LogP contribution in [0, 0.1) is 5.88 Å². The number of thioether (sulfide) groups is 1. The fourth-order valence-electron chi connectivity index (χ4n) is 0.297. The summed E-state index contributed by atoms with van der Waals surface area (Å²) in [5.41, 5.74) is 0. The Labute approximate surface area is 42.0 Å². The third-order valence-electron chi connectivity index (χ3n) is 0.602. The van der Waals surface area contributed by atoms with Gasteiger partial charge in [0.1, 0.15) is 5.88 Å². The van der Waals surface area contributed by atoms with Crippen LogP contribution in [0.4, 0.5) is 0 Å². The van der Waals surface area contributed by atoms with Gasteiger partial charge in [0, 0.05) is 13.2 Å². The number of nitrogens with zero attached hydrogens (tertiary/aromatic N) is 1. The molecule has 0 aromatic carbocycles. The molecule has 1 radical (unpaired) electrons. The van der Waals surface area contributed by atoms with Gasteiger partial charge < -0.3 is 4.90 Å². The van der Waals surface area contributed by atoms with Gasteiger partial charge in [-0.25, -0.2) is 0 Å². The predicted octanol–water partition coefficient (Wildman–Crippen LogP) is 1.26. The molecule has 0 spiro atoms. The summed E-state index contributed by atoms with van der Waals surface area (Å²) in [5.74, 6) is 2.04. The molecule has 1 rings (SSSR count). The van der Waals surface area contributed by atoms with Crippen LogP contribution >= 0.6 is 11.8 Å². The second kappa shape index (κ2) is 1.56. The average Bonchev–Trinajstić information content (AvgIpc) is 1.86. The molecule has 0 unspecified atom stereocenters. The third-order valence-corrected chi connectivity index (χ3v) is 1.33. The molecule has 33 valence electrons. The first-order valence-electron chi connectivity index (χ1n) is 1.77. The number of rotatable bonds is 0. The Morgan fingerprint density at radius 1 is 1.67 bits per heavy atom. The molecular weight excluding hydrogens is 94.1 g/mol. The zero-order valence-electron chi connectivity index (χ0n) is 3.59. The van der Waals surface area contributed by atoms with E-state index < -0.39 is 0 Å². The van der Waals surface area contributed by atoms with Gasteiger partial charge >= 0.3 is 0 Å². The van der Waals surface area contributed by atoms with Crippen LogP contribution in [0.3, 0.4) is 0 Å². The van der Waals surface area contributed by atoms with E-state index in [4.69, 9.17) is 0 Å². The highest BCUT2D eigenvalue weighted by molar-refractivity contribution is 8.04. The van der Waals surface area contributed by atoms with E-state index in [1.165, 1.54) is 0 Å². The summed E-state index contributed by atoms with van der Waals surface area (Å²) >= 11 is 1.70. The van der Waals surface area contributed by atoms with Crippen LogP contribution in [-0.2, 0) is 0 Å². The van der Waals surface area contributed by atoms with Gasteiger partial charge in [-0.05, 0) is 5.41 Å². The van der Waals surface area contributed by atoms with Crippen LogP contribution in [0.5, 0.6) is 0 Å². The summed E-state index contributed by atoms with van der Waals surface area (Å²) in [4.78, 5) is 2.02. The van der Waals surface area contributed by atoms with E-state index in [1.54, 1.807) is 11.8 Å². The van der Waals surface area contributed by atoms with E-state index in [2.05, 4.69) is 0 Å². The SMILES string of the molecule is CN1[CH]SC=C1. The van der Waals surface area contributed by atoms with Gasteiger partial charge in [-0.15, -0.1) is 11.8 Å². The van der Waals surface area contributed by atoms with Crippen LogP contribution in [0.2, 0.25) is 0 Å². The van der Waals surface area contributed by atoms with Gasteiger partial charge in [0.15, 0.2) is 0 Å². The normalized spacial score (nSPS) is 19.8. The molecule has 1 nitrogen and oxygen atoms in total. The minimum atomic E-state index is 1.70. The van der Waals surface area contributed by atoms with Crippen LogP contribution < -0.4 is 0 Å². The van der Waals surface area contributed by atoms with Crippen molar-refractivity contribution in [2.24, 2.45) is 0 Å².